The van der Waals surface area contributed by atoms with Gasteiger partial charge in [-0.05, 0) is 50.3 Å². The molecule has 0 atom stereocenters. The minimum Gasteiger partial charge on any atom is -0.468 e. The van der Waals surface area contributed by atoms with Gasteiger partial charge in [0.05, 0.1) is 12.8 Å². The van der Waals surface area contributed by atoms with Gasteiger partial charge in [-0.2, -0.15) is 0 Å². The first-order chi connectivity index (χ1) is 9.76. The van der Waals surface area contributed by atoms with Crippen LogP contribution in [0.15, 0.2) is 22.8 Å². The highest BCUT2D eigenvalue weighted by Gasteiger charge is 2.35. The Morgan fingerprint density at radius 1 is 1.35 bits per heavy atom. The van der Waals surface area contributed by atoms with E-state index < -0.39 is 0 Å². The second kappa shape index (κ2) is 6.29. The molecule has 0 radical (unpaired) electrons. The van der Waals surface area contributed by atoms with Gasteiger partial charge in [-0.3, -0.25) is 4.90 Å². The molecule has 1 aromatic rings. The molecule has 1 N–H and O–H groups in total. The van der Waals surface area contributed by atoms with E-state index in [1.54, 1.807) is 6.26 Å². The van der Waals surface area contributed by atoms with Crippen LogP contribution in [-0.2, 0) is 11.3 Å². The molecule has 3 rings (SSSR count). The normalized spacial score (nSPS) is 22.3. The van der Waals surface area contributed by atoms with Gasteiger partial charge in [-0.15, -0.1) is 0 Å². The monoisotopic (exact) mass is 278 g/mol. The van der Waals surface area contributed by atoms with Crippen molar-refractivity contribution < 1.29 is 9.15 Å². The Bertz CT molecular complexity index is 395. The van der Waals surface area contributed by atoms with Crippen molar-refractivity contribution in [2.75, 3.05) is 33.4 Å². The fraction of sp³-hybridized carbons (Fsp3) is 0.750. The molecule has 0 bridgehead atoms. The van der Waals surface area contributed by atoms with Gasteiger partial charge in [0.1, 0.15) is 5.76 Å². The predicted octanol–water partition coefficient (Wildman–Crippen LogP) is 2.26. The fourth-order valence-corrected chi connectivity index (χ4v) is 3.14. The second-order valence-electron chi connectivity index (χ2n) is 6.52. The summed E-state index contributed by atoms with van der Waals surface area (Å²) in [6.45, 7) is 4.93. The van der Waals surface area contributed by atoms with E-state index >= 15 is 0 Å². The molecule has 0 amide bonds. The van der Waals surface area contributed by atoms with Crippen LogP contribution >= 0.6 is 0 Å². The molecule has 1 aromatic heterocycles. The molecule has 2 aliphatic rings. The average Bonchev–Trinajstić information content (AvgIpc) is 3.15. The molecule has 1 saturated carbocycles. The lowest BCUT2D eigenvalue weighted by Crippen LogP contribution is -2.46. The Hall–Kier alpha value is -0.840. The first-order valence-corrected chi connectivity index (χ1v) is 7.78. The van der Waals surface area contributed by atoms with E-state index in [9.17, 15) is 0 Å². The summed E-state index contributed by atoms with van der Waals surface area (Å²) >= 11 is 0. The zero-order chi connectivity index (χ0) is 13.8. The zero-order valence-electron chi connectivity index (χ0n) is 12.4. The quantitative estimate of drug-likeness (QED) is 0.830. The number of nitrogens with zero attached hydrogens (tertiary/aromatic N) is 1. The Kier molecular flexibility index (Phi) is 4.44. The Labute approximate surface area is 121 Å². The van der Waals surface area contributed by atoms with Crippen LogP contribution in [0.2, 0.25) is 0 Å². The van der Waals surface area contributed by atoms with E-state index in [0.29, 0.717) is 5.41 Å². The van der Waals surface area contributed by atoms with Gasteiger partial charge in [-0.25, -0.2) is 0 Å². The van der Waals surface area contributed by atoms with Crippen molar-refractivity contribution in [2.45, 2.75) is 38.3 Å². The molecule has 1 aliphatic heterocycles. The molecule has 1 aliphatic carbocycles. The number of hydrogen-bond acceptors (Lipinski definition) is 4. The molecule has 4 nitrogen and oxygen atoms in total. The average molecular weight is 278 g/mol. The first kappa shape index (κ1) is 14.1. The van der Waals surface area contributed by atoms with Gasteiger partial charge >= 0.3 is 0 Å². The van der Waals surface area contributed by atoms with Gasteiger partial charge in [0, 0.05) is 32.3 Å². The van der Waals surface area contributed by atoms with Gasteiger partial charge in [0.2, 0.25) is 0 Å². The van der Waals surface area contributed by atoms with Crippen LogP contribution in [-0.4, -0.2) is 44.3 Å². The van der Waals surface area contributed by atoms with Crippen LogP contribution in [0, 0.1) is 5.41 Å². The summed E-state index contributed by atoms with van der Waals surface area (Å²) in [5.41, 5.74) is 0.363. The van der Waals surface area contributed by atoms with E-state index in [0.717, 1.165) is 57.5 Å². The molecule has 112 valence electrons. The third kappa shape index (κ3) is 3.84. The van der Waals surface area contributed by atoms with Crippen molar-refractivity contribution >= 4 is 0 Å². The summed E-state index contributed by atoms with van der Waals surface area (Å²) in [5.74, 6) is 1.05. The van der Waals surface area contributed by atoms with Crippen molar-refractivity contribution in [2.24, 2.45) is 5.41 Å². The molecule has 20 heavy (non-hydrogen) atoms. The third-order valence-electron chi connectivity index (χ3n) is 4.51. The smallest absolute Gasteiger partial charge is 0.117 e. The van der Waals surface area contributed by atoms with E-state index in [1.165, 1.54) is 12.8 Å². The second-order valence-corrected chi connectivity index (χ2v) is 6.52. The number of hydrogen-bond donors (Lipinski definition) is 1. The molecule has 0 spiro atoms. The van der Waals surface area contributed by atoms with Crippen LogP contribution < -0.4 is 5.32 Å². The SMILES string of the molecule is CN(Cc1ccco1)CC1(CNC2CC2)CCOCC1. The van der Waals surface area contributed by atoms with Gasteiger partial charge in [-0.1, -0.05) is 0 Å². The summed E-state index contributed by atoms with van der Waals surface area (Å²) in [5, 5.41) is 3.73. The zero-order valence-corrected chi connectivity index (χ0v) is 12.4. The predicted molar refractivity (Wildman–Crippen MR) is 78.6 cm³/mol. The third-order valence-corrected chi connectivity index (χ3v) is 4.51. The summed E-state index contributed by atoms with van der Waals surface area (Å²) in [7, 11) is 2.19. The molecule has 0 unspecified atom stereocenters. The molecule has 2 fully saturated rings. The molecule has 1 saturated heterocycles. The number of furan rings is 1. The maximum absolute atomic E-state index is 5.57. The van der Waals surface area contributed by atoms with E-state index in [1.807, 2.05) is 6.07 Å². The van der Waals surface area contributed by atoms with E-state index in [-0.39, 0.29) is 0 Å². The Morgan fingerprint density at radius 2 is 2.15 bits per heavy atom. The molecule has 2 heterocycles. The topological polar surface area (TPSA) is 37.6 Å². The molecular weight excluding hydrogens is 252 g/mol. The highest BCUT2D eigenvalue weighted by molar-refractivity contribution is 4.98. The number of ether oxygens (including phenoxy) is 1. The molecular formula is C16H26N2O2. The van der Waals surface area contributed by atoms with Crippen LogP contribution in [0.1, 0.15) is 31.4 Å². The standard InChI is InChI=1S/C16H26N2O2/c1-18(11-15-3-2-8-20-15)13-16(6-9-19-10-7-16)12-17-14-4-5-14/h2-3,8,14,17H,4-7,9-13H2,1H3. The highest BCUT2D eigenvalue weighted by atomic mass is 16.5. The van der Waals surface area contributed by atoms with E-state index in [4.69, 9.17) is 9.15 Å². The minimum absolute atomic E-state index is 0.363. The van der Waals surface area contributed by atoms with Crippen LogP contribution in [0.4, 0.5) is 0 Å². The summed E-state index contributed by atoms with van der Waals surface area (Å²) < 4.78 is 11.0. The number of rotatable bonds is 7. The van der Waals surface area contributed by atoms with Crippen molar-refractivity contribution in [3.63, 3.8) is 0 Å². The largest absolute Gasteiger partial charge is 0.468 e. The van der Waals surface area contributed by atoms with Crippen LogP contribution in [0.5, 0.6) is 0 Å². The fourth-order valence-electron chi connectivity index (χ4n) is 3.14. The van der Waals surface area contributed by atoms with Crippen molar-refractivity contribution in [3.8, 4) is 0 Å². The summed E-state index contributed by atoms with van der Waals surface area (Å²) in [6.07, 6.45) is 6.79. The van der Waals surface area contributed by atoms with Gasteiger partial charge in [0.25, 0.3) is 0 Å². The van der Waals surface area contributed by atoms with Crippen molar-refractivity contribution in [1.29, 1.82) is 0 Å². The van der Waals surface area contributed by atoms with Gasteiger partial charge < -0.3 is 14.5 Å². The summed E-state index contributed by atoms with van der Waals surface area (Å²) in [6, 6.07) is 4.79. The lowest BCUT2D eigenvalue weighted by Gasteiger charge is -2.40. The highest BCUT2D eigenvalue weighted by Crippen LogP contribution is 2.32. The van der Waals surface area contributed by atoms with E-state index in [2.05, 4.69) is 23.3 Å². The number of nitrogens with one attached hydrogen (secondary N) is 1. The van der Waals surface area contributed by atoms with Crippen molar-refractivity contribution in [3.05, 3.63) is 24.2 Å². The first-order valence-electron chi connectivity index (χ1n) is 7.78. The Balaban J connectivity index is 1.56. The Morgan fingerprint density at radius 3 is 2.80 bits per heavy atom. The van der Waals surface area contributed by atoms with Gasteiger partial charge in [0.15, 0.2) is 0 Å². The molecule has 0 aromatic carbocycles. The lowest BCUT2D eigenvalue weighted by molar-refractivity contribution is -0.00254. The summed E-state index contributed by atoms with van der Waals surface area (Å²) in [4.78, 5) is 2.39. The van der Waals surface area contributed by atoms with Crippen molar-refractivity contribution in [1.82, 2.24) is 10.2 Å². The maximum Gasteiger partial charge on any atom is 0.117 e. The van der Waals surface area contributed by atoms with Crippen LogP contribution in [0.25, 0.3) is 0 Å². The van der Waals surface area contributed by atoms with Crippen LogP contribution in [0.3, 0.4) is 0 Å². The molecule has 4 heteroatoms. The minimum atomic E-state index is 0.363. The maximum atomic E-state index is 5.57. The lowest BCUT2D eigenvalue weighted by atomic mass is 9.79.